The van der Waals surface area contributed by atoms with Crippen LogP contribution >= 0.6 is 0 Å². The molecular formula is C16H28N2O3. The molecule has 0 saturated carbocycles. The smallest absolute Gasteiger partial charge is 0.118 e. The molecule has 21 heavy (non-hydrogen) atoms. The fraction of sp³-hybridized carbons (Fsp3) is 0.750. The summed E-state index contributed by atoms with van der Waals surface area (Å²) in [4.78, 5) is 2.36. The van der Waals surface area contributed by atoms with E-state index in [1.165, 1.54) is 5.56 Å². The fourth-order valence-electron chi connectivity index (χ4n) is 2.78. The summed E-state index contributed by atoms with van der Waals surface area (Å²) in [6, 6.07) is 2.62. The highest BCUT2D eigenvalue weighted by Gasteiger charge is 2.33. The Kier molecular flexibility index (Phi) is 5.81. The van der Waals surface area contributed by atoms with Crippen molar-refractivity contribution >= 4 is 0 Å². The molecule has 1 fully saturated rings. The van der Waals surface area contributed by atoms with Crippen LogP contribution in [0.3, 0.4) is 0 Å². The van der Waals surface area contributed by atoms with E-state index in [1.807, 2.05) is 6.92 Å². The van der Waals surface area contributed by atoms with Crippen molar-refractivity contribution in [3.63, 3.8) is 0 Å². The van der Waals surface area contributed by atoms with Gasteiger partial charge in [-0.1, -0.05) is 13.8 Å². The Morgan fingerprint density at radius 2 is 1.90 bits per heavy atom. The largest absolute Gasteiger partial charge is 0.465 e. The maximum absolute atomic E-state index is 5.83. The lowest BCUT2D eigenvalue weighted by Crippen LogP contribution is -2.27. The summed E-state index contributed by atoms with van der Waals surface area (Å²) in [7, 11) is 3.50. The van der Waals surface area contributed by atoms with Gasteiger partial charge >= 0.3 is 0 Å². The number of hydrogen-bond donors (Lipinski definition) is 1. The summed E-state index contributed by atoms with van der Waals surface area (Å²) >= 11 is 0. The minimum Gasteiger partial charge on any atom is -0.465 e. The van der Waals surface area contributed by atoms with E-state index in [1.54, 1.807) is 14.2 Å². The molecule has 0 amide bonds. The van der Waals surface area contributed by atoms with E-state index in [0.29, 0.717) is 6.04 Å². The van der Waals surface area contributed by atoms with Crippen molar-refractivity contribution in [1.82, 2.24) is 10.2 Å². The molecule has 0 spiro atoms. The van der Waals surface area contributed by atoms with Crippen molar-refractivity contribution in [2.45, 2.75) is 52.1 Å². The highest BCUT2D eigenvalue weighted by Crippen LogP contribution is 2.22. The van der Waals surface area contributed by atoms with E-state index in [-0.39, 0.29) is 12.2 Å². The molecular weight excluding hydrogens is 268 g/mol. The number of rotatable bonds is 7. The average molecular weight is 296 g/mol. The normalized spacial score (nSPS) is 23.3. The lowest BCUT2D eigenvalue weighted by molar-refractivity contribution is -0.00461. The Hall–Kier alpha value is -0.880. The number of nitrogens with one attached hydrogen (secondary N) is 1. The predicted molar refractivity (Wildman–Crippen MR) is 82.3 cm³/mol. The standard InChI is InChI=1S/C16H28N2O3/c1-11(2)17-7-14-6-13(12(3)21-14)8-18-9-15(19-4)16(10-18)20-5/h6,11,15-17H,7-10H2,1-5H3. The molecule has 2 atom stereocenters. The number of ether oxygens (including phenoxy) is 2. The quantitative estimate of drug-likeness (QED) is 0.833. The first-order chi connectivity index (χ1) is 10.0. The van der Waals surface area contributed by atoms with Gasteiger partial charge in [0, 0.05) is 45.5 Å². The Labute approximate surface area is 127 Å². The minimum absolute atomic E-state index is 0.157. The van der Waals surface area contributed by atoms with Gasteiger partial charge in [-0.3, -0.25) is 4.90 Å². The van der Waals surface area contributed by atoms with Gasteiger partial charge in [-0.15, -0.1) is 0 Å². The van der Waals surface area contributed by atoms with Crippen molar-refractivity contribution in [2.24, 2.45) is 0 Å². The van der Waals surface area contributed by atoms with E-state index in [0.717, 1.165) is 37.7 Å². The monoisotopic (exact) mass is 296 g/mol. The summed E-state index contributed by atoms with van der Waals surface area (Å²) in [5.41, 5.74) is 1.25. The number of furan rings is 1. The SMILES string of the molecule is COC1CN(Cc2cc(CNC(C)C)oc2C)CC1OC. The van der Waals surface area contributed by atoms with Gasteiger partial charge in [-0.05, 0) is 13.0 Å². The number of nitrogens with zero attached hydrogens (tertiary/aromatic N) is 1. The molecule has 1 aliphatic rings. The average Bonchev–Trinajstić information content (AvgIpc) is 3.00. The third-order valence-corrected chi connectivity index (χ3v) is 4.05. The van der Waals surface area contributed by atoms with E-state index < -0.39 is 0 Å². The van der Waals surface area contributed by atoms with Crippen LogP contribution in [0.4, 0.5) is 0 Å². The van der Waals surface area contributed by atoms with Crippen LogP contribution in [0, 0.1) is 6.92 Å². The van der Waals surface area contributed by atoms with Gasteiger partial charge in [-0.25, -0.2) is 0 Å². The van der Waals surface area contributed by atoms with Gasteiger partial charge in [0.15, 0.2) is 0 Å². The molecule has 5 heteroatoms. The number of likely N-dealkylation sites (tertiary alicyclic amines) is 1. The highest BCUT2D eigenvalue weighted by molar-refractivity contribution is 5.21. The van der Waals surface area contributed by atoms with Crippen LogP contribution in [0.25, 0.3) is 0 Å². The lowest BCUT2D eigenvalue weighted by Gasteiger charge is -2.14. The van der Waals surface area contributed by atoms with Crippen LogP contribution in [-0.2, 0) is 22.6 Å². The number of methoxy groups -OCH3 is 2. The second-order valence-corrected chi connectivity index (χ2v) is 6.07. The Morgan fingerprint density at radius 1 is 1.29 bits per heavy atom. The number of aryl methyl sites for hydroxylation is 1. The summed E-state index contributed by atoms with van der Waals surface area (Å²) in [5.74, 6) is 2.01. The molecule has 2 heterocycles. The molecule has 1 N–H and O–H groups in total. The third-order valence-electron chi connectivity index (χ3n) is 4.05. The number of hydrogen-bond acceptors (Lipinski definition) is 5. The predicted octanol–water partition coefficient (Wildman–Crippen LogP) is 1.93. The highest BCUT2D eigenvalue weighted by atomic mass is 16.5. The van der Waals surface area contributed by atoms with Gasteiger partial charge < -0.3 is 19.2 Å². The van der Waals surface area contributed by atoms with E-state index in [2.05, 4.69) is 30.1 Å². The second kappa shape index (κ2) is 7.40. The van der Waals surface area contributed by atoms with Crippen molar-refractivity contribution in [3.05, 3.63) is 23.2 Å². The maximum atomic E-state index is 5.83. The van der Waals surface area contributed by atoms with Gasteiger partial charge in [0.05, 0.1) is 18.8 Å². The summed E-state index contributed by atoms with van der Waals surface area (Å²) in [6.45, 7) is 9.77. The lowest BCUT2D eigenvalue weighted by atomic mass is 10.2. The van der Waals surface area contributed by atoms with Crippen LogP contribution in [0.5, 0.6) is 0 Å². The third kappa shape index (κ3) is 4.30. The van der Waals surface area contributed by atoms with E-state index in [4.69, 9.17) is 13.9 Å². The van der Waals surface area contributed by atoms with Gasteiger partial charge in [0.25, 0.3) is 0 Å². The van der Waals surface area contributed by atoms with Gasteiger partial charge in [0.1, 0.15) is 11.5 Å². The molecule has 2 unspecified atom stereocenters. The summed E-state index contributed by atoms with van der Waals surface area (Å²) in [6.07, 6.45) is 0.313. The van der Waals surface area contributed by atoms with E-state index >= 15 is 0 Å². The fourth-order valence-corrected chi connectivity index (χ4v) is 2.78. The van der Waals surface area contributed by atoms with Crippen LogP contribution < -0.4 is 5.32 Å². The van der Waals surface area contributed by atoms with Crippen molar-refractivity contribution < 1.29 is 13.9 Å². The van der Waals surface area contributed by atoms with Crippen LogP contribution in [0.15, 0.2) is 10.5 Å². The molecule has 0 radical (unpaired) electrons. The maximum Gasteiger partial charge on any atom is 0.118 e. The Bertz CT molecular complexity index is 433. The Morgan fingerprint density at radius 3 is 2.43 bits per heavy atom. The molecule has 1 aromatic heterocycles. The zero-order valence-corrected chi connectivity index (χ0v) is 13.8. The molecule has 0 aromatic carbocycles. The molecule has 1 saturated heterocycles. The van der Waals surface area contributed by atoms with Gasteiger partial charge in [0.2, 0.25) is 0 Å². The van der Waals surface area contributed by atoms with Crippen LogP contribution in [0.1, 0.15) is 30.9 Å². The zero-order valence-electron chi connectivity index (χ0n) is 13.8. The first-order valence-electron chi connectivity index (χ1n) is 7.63. The Balaban J connectivity index is 1.94. The summed E-state index contributed by atoms with van der Waals surface area (Å²) in [5, 5.41) is 3.38. The molecule has 0 bridgehead atoms. The molecule has 1 aliphatic heterocycles. The van der Waals surface area contributed by atoms with Crippen molar-refractivity contribution in [1.29, 1.82) is 0 Å². The molecule has 120 valence electrons. The molecule has 1 aromatic rings. The second-order valence-electron chi connectivity index (χ2n) is 6.07. The zero-order chi connectivity index (χ0) is 15.4. The first-order valence-corrected chi connectivity index (χ1v) is 7.63. The summed E-state index contributed by atoms with van der Waals surface area (Å²) < 4.78 is 16.8. The topological polar surface area (TPSA) is 46.9 Å². The molecule has 5 nitrogen and oxygen atoms in total. The first kappa shape index (κ1) is 16.5. The van der Waals surface area contributed by atoms with Crippen LogP contribution in [0.2, 0.25) is 0 Å². The van der Waals surface area contributed by atoms with Crippen LogP contribution in [-0.4, -0.2) is 50.5 Å². The molecule has 2 rings (SSSR count). The van der Waals surface area contributed by atoms with Gasteiger partial charge in [-0.2, -0.15) is 0 Å². The van der Waals surface area contributed by atoms with E-state index in [9.17, 15) is 0 Å². The van der Waals surface area contributed by atoms with Crippen molar-refractivity contribution in [2.75, 3.05) is 27.3 Å². The van der Waals surface area contributed by atoms with Crippen molar-refractivity contribution in [3.8, 4) is 0 Å². The minimum atomic E-state index is 0.157. The molecule has 0 aliphatic carbocycles.